The highest BCUT2D eigenvalue weighted by Crippen LogP contribution is 2.52. The molecule has 17 heavy (non-hydrogen) atoms. The molecule has 1 aliphatic carbocycles. The summed E-state index contributed by atoms with van der Waals surface area (Å²) in [5.41, 5.74) is 0.725. The van der Waals surface area contributed by atoms with Crippen LogP contribution in [-0.2, 0) is 0 Å². The van der Waals surface area contributed by atoms with Crippen LogP contribution in [0.25, 0.3) is 0 Å². The lowest BCUT2D eigenvalue weighted by molar-refractivity contribution is 0.0283. The van der Waals surface area contributed by atoms with E-state index in [1.54, 1.807) is 0 Å². The average Bonchev–Trinajstić information content (AvgIpc) is 2.18. The molecule has 1 rings (SSSR count). The van der Waals surface area contributed by atoms with E-state index in [2.05, 4.69) is 39.9 Å². The summed E-state index contributed by atoms with van der Waals surface area (Å²) in [4.78, 5) is 0. The van der Waals surface area contributed by atoms with Crippen LogP contribution in [0.1, 0.15) is 73.1 Å². The monoisotopic (exact) mass is 239 g/mol. The molecule has 0 unspecified atom stereocenters. The second-order valence-electron chi connectivity index (χ2n) is 7.02. The third kappa shape index (κ3) is 4.99. The van der Waals surface area contributed by atoms with E-state index in [4.69, 9.17) is 0 Å². The smallest absolute Gasteiger partial charge is 0.00104 e. The van der Waals surface area contributed by atoms with E-state index in [1.165, 1.54) is 45.1 Å². The first-order valence-corrected chi connectivity index (χ1v) is 7.71. The molecule has 0 aliphatic heterocycles. The van der Waals surface area contributed by atoms with E-state index in [-0.39, 0.29) is 0 Å². The van der Waals surface area contributed by atoms with Crippen LogP contribution in [0.4, 0.5) is 0 Å². The molecule has 0 aromatic rings. The van der Waals surface area contributed by atoms with Gasteiger partial charge in [-0.1, -0.05) is 47.5 Å². The molecule has 1 nitrogen and oxygen atoms in total. The van der Waals surface area contributed by atoms with Crippen molar-refractivity contribution < 1.29 is 0 Å². The van der Waals surface area contributed by atoms with Crippen molar-refractivity contribution in [1.82, 2.24) is 5.32 Å². The zero-order valence-electron chi connectivity index (χ0n) is 12.7. The lowest BCUT2D eigenvalue weighted by atomic mass is 9.57. The van der Waals surface area contributed by atoms with Gasteiger partial charge in [0.2, 0.25) is 0 Å². The lowest BCUT2D eigenvalue weighted by Gasteiger charge is -2.49. The van der Waals surface area contributed by atoms with Gasteiger partial charge in [-0.25, -0.2) is 0 Å². The van der Waals surface area contributed by atoms with Crippen LogP contribution >= 0.6 is 0 Å². The van der Waals surface area contributed by atoms with Gasteiger partial charge in [0, 0.05) is 6.04 Å². The van der Waals surface area contributed by atoms with Crippen molar-refractivity contribution in [3.05, 3.63) is 0 Å². The number of hydrogen-bond donors (Lipinski definition) is 1. The number of nitrogens with one attached hydrogen (secondary N) is 1. The first-order valence-electron chi connectivity index (χ1n) is 7.71. The van der Waals surface area contributed by atoms with Crippen LogP contribution < -0.4 is 5.32 Å². The fourth-order valence-corrected chi connectivity index (χ4v) is 3.37. The molecule has 0 amide bonds. The van der Waals surface area contributed by atoms with Gasteiger partial charge in [-0.05, 0) is 49.5 Å². The molecule has 1 fully saturated rings. The van der Waals surface area contributed by atoms with Crippen LogP contribution in [0.2, 0.25) is 0 Å². The molecule has 102 valence electrons. The molecule has 1 saturated carbocycles. The highest BCUT2D eigenvalue weighted by molar-refractivity contribution is 4.94. The standard InChI is InChI=1S/C16H33N/c1-6-8-16(9-7-13(2)3)10-15(11-16)12-17-14(4)5/h13-15,17H,6-12H2,1-5H3. The summed E-state index contributed by atoms with van der Waals surface area (Å²) in [5.74, 6) is 1.83. The van der Waals surface area contributed by atoms with E-state index in [0.29, 0.717) is 6.04 Å². The van der Waals surface area contributed by atoms with Gasteiger partial charge < -0.3 is 5.32 Å². The van der Waals surface area contributed by atoms with Crippen molar-refractivity contribution in [3.63, 3.8) is 0 Å². The van der Waals surface area contributed by atoms with Gasteiger partial charge in [0.1, 0.15) is 0 Å². The van der Waals surface area contributed by atoms with Crippen molar-refractivity contribution in [2.24, 2.45) is 17.3 Å². The molecule has 0 bridgehead atoms. The Labute approximate surface area is 109 Å². The van der Waals surface area contributed by atoms with Crippen LogP contribution in [-0.4, -0.2) is 12.6 Å². The van der Waals surface area contributed by atoms with Crippen molar-refractivity contribution in [1.29, 1.82) is 0 Å². The minimum atomic E-state index is 0.645. The van der Waals surface area contributed by atoms with Gasteiger partial charge in [0.05, 0.1) is 0 Å². The van der Waals surface area contributed by atoms with Gasteiger partial charge in [-0.15, -0.1) is 0 Å². The Balaban J connectivity index is 2.29. The summed E-state index contributed by atoms with van der Waals surface area (Å²) in [6, 6.07) is 0.645. The van der Waals surface area contributed by atoms with Gasteiger partial charge >= 0.3 is 0 Å². The topological polar surface area (TPSA) is 12.0 Å². The molecule has 1 aliphatic rings. The molecule has 0 aromatic heterocycles. The quantitative estimate of drug-likeness (QED) is 0.652. The van der Waals surface area contributed by atoms with E-state index < -0.39 is 0 Å². The van der Waals surface area contributed by atoms with Crippen LogP contribution in [0.5, 0.6) is 0 Å². The molecule has 0 heterocycles. The summed E-state index contributed by atoms with van der Waals surface area (Å²) < 4.78 is 0. The Bertz CT molecular complexity index is 202. The fraction of sp³-hybridized carbons (Fsp3) is 1.00. The first-order chi connectivity index (χ1) is 7.97. The molecule has 0 saturated heterocycles. The third-order valence-corrected chi connectivity index (χ3v) is 4.29. The fourth-order valence-electron chi connectivity index (χ4n) is 3.37. The number of hydrogen-bond acceptors (Lipinski definition) is 1. The molecule has 1 heteroatoms. The Morgan fingerprint density at radius 2 is 1.76 bits per heavy atom. The van der Waals surface area contributed by atoms with Crippen molar-refractivity contribution in [3.8, 4) is 0 Å². The maximum absolute atomic E-state index is 3.59. The van der Waals surface area contributed by atoms with E-state index >= 15 is 0 Å². The highest BCUT2D eigenvalue weighted by atomic mass is 14.9. The van der Waals surface area contributed by atoms with E-state index in [1.807, 2.05) is 0 Å². The predicted octanol–water partition coefficient (Wildman–Crippen LogP) is 4.62. The SMILES string of the molecule is CCCC1(CCC(C)C)CC(CNC(C)C)C1. The number of rotatable bonds is 8. The van der Waals surface area contributed by atoms with Gasteiger partial charge in [0.25, 0.3) is 0 Å². The summed E-state index contributed by atoms with van der Waals surface area (Å²) in [6.07, 6.45) is 8.67. The Morgan fingerprint density at radius 3 is 2.24 bits per heavy atom. The van der Waals surface area contributed by atoms with Crippen molar-refractivity contribution in [2.45, 2.75) is 79.2 Å². The first kappa shape index (κ1) is 15.0. The molecule has 0 spiro atoms. The van der Waals surface area contributed by atoms with Crippen LogP contribution in [0, 0.1) is 17.3 Å². The molecule has 1 N–H and O–H groups in total. The zero-order valence-corrected chi connectivity index (χ0v) is 12.7. The second kappa shape index (κ2) is 6.78. The lowest BCUT2D eigenvalue weighted by Crippen LogP contribution is -2.43. The highest BCUT2D eigenvalue weighted by Gasteiger charge is 2.42. The zero-order chi connectivity index (χ0) is 12.9. The molecule has 0 aromatic carbocycles. The van der Waals surface area contributed by atoms with Gasteiger partial charge in [-0.3, -0.25) is 0 Å². The van der Waals surface area contributed by atoms with Crippen LogP contribution in [0.3, 0.4) is 0 Å². The Kier molecular flexibility index (Phi) is 5.99. The third-order valence-electron chi connectivity index (χ3n) is 4.29. The van der Waals surface area contributed by atoms with Crippen LogP contribution in [0.15, 0.2) is 0 Å². The molecule has 0 radical (unpaired) electrons. The van der Waals surface area contributed by atoms with E-state index in [0.717, 1.165) is 17.3 Å². The maximum atomic E-state index is 3.59. The molecular weight excluding hydrogens is 206 g/mol. The van der Waals surface area contributed by atoms with Gasteiger partial charge in [-0.2, -0.15) is 0 Å². The summed E-state index contributed by atoms with van der Waals surface area (Å²) in [6.45, 7) is 12.8. The minimum Gasteiger partial charge on any atom is -0.314 e. The largest absolute Gasteiger partial charge is 0.314 e. The van der Waals surface area contributed by atoms with E-state index in [9.17, 15) is 0 Å². The normalized spacial score (nSPS) is 28.8. The Hall–Kier alpha value is -0.0400. The summed E-state index contributed by atoms with van der Waals surface area (Å²) in [7, 11) is 0. The minimum absolute atomic E-state index is 0.645. The van der Waals surface area contributed by atoms with Crippen molar-refractivity contribution in [2.75, 3.05) is 6.54 Å². The molecular formula is C16H33N. The molecule has 0 atom stereocenters. The predicted molar refractivity (Wildman–Crippen MR) is 77.3 cm³/mol. The Morgan fingerprint density at radius 1 is 1.12 bits per heavy atom. The summed E-state index contributed by atoms with van der Waals surface area (Å²) >= 11 is 0. The van der Waals surface area contributed by atoms with Crippen molar-refractivity contribution >= 4 is 0 Å². The average molecular weight is 239 g/mol. The summed E-state index contributed by atoms with van der Waals surface area (Å²) in [5, 5.41) is 3.59. The second-order valence-corrected chi connectivity index (χ2v) is 7.02. The maximum Gasteiger partial charge on any atom is 0.00104 e. The van der Waals surface area contributed by atoms with Gasteiger partial charge in [0.15, 0.2) is 0 Å².